The van der Waals surface area contributed by atoms with Gasteiger partial charge in [-0.1, -0.05) is 19.1 Å². The zero-order valence-electron chi connectivity index (χ0n) is 10.8. The Morgan fingerprint density at radius 3 is 2.74 bits per heavy atom. The van der Waals surface area contributed by atoms with E-state index < -0.39 is 0 Å². The van der Waals surface area contributed by atoms with Gasteiger partial charge in [-0.2, -0.15) is 11.3 Å². The molecule has 1 heterocycles. The fourth-order valence-corrected chi connectivity index (χ4v) is 3.04. The fourth-order valence-electron chi connectivity index (χ4n) is 1.93. The van der Waals surface area contributed by atoms with Crippen LogP contribution in [-0.4, -0.2) is 17.4 Å². The Balaban J connectivity index is 2.19. The van der Waals surface area contributed by atoms with Crippen LogP contribution in [0.2, 0.25) is 0 Å². The minimum Gasteiger partial charge on any atom is -0.334 e. The Hall–Kier alpha value is -1.13. The van der Waals surface area contributed by atoms with Gasteiger partial charge in [-0.15, -0.1) is 0 Å². The summed E-state index contributed by atoms with van der Waals surface area (Å²) in [6.07, 6.45) is 0.959. The first-order valence-corrected chi connectivity index (χ1v) is 8.01. The van der Waals surface area contributed by atoms with E-state index in [4.69, 9.17) is 0 Å². The minimum absolute atomic E-state index is 0.0838. The fraction of sp³-hybridized carbons (Fsp3) is 0.267. The molecule has 0 atom stereocenters. The third-order valence-electron chi connectivity index (χ3n) is 2.84. The summed E-state index contributed by atoms with van der Waals surface area (Å²) in [5, 5.41) is 4.14. The Labute approximate surface area is 126 Å². The van der Waals surface area contributed by atoms with Gasteiger partial charge >= 0.3 is 0 Å². The molecule has 0 spiro atoms. The quantitative estimate of drug-likeness (QED) is 0.782. The van der Waals surface area contributed by atoms with E-state index >= 15 is 0 Å². The summed E-state index contributed by atoms with van der Waals surface area (Å²) in [5.41, 5.74) is 1.92. The summed E-state index contributed by atoms with van der Waals surface area (Å²) >= 11 is 5.11. The van der Waals surface area contributed by atoms with Gasteiger partial charge in [0, 0.05) is 17.6 Å². The molecule has 0 N–H and O–H groups in total. The summed E-state index contributed by atoms with van der Waals surface area (Å²) in [5.74, 6) is 0.0838. The second kappa shape index (κ2) is 6.87. The van der Waals surface area contributed by atoms with E-state index in [1.165, 1.54) is 5.56 Å². The van der Waals surface area contributed by atoms with Crippen LogP contribution in [0.5, 0.6) is 0 Å². The summed E-state index contributed by atoms with van der Waals surface area (Å²) in [4.78, 5) is 14.5. The van der Waals surface area contributed by atoms with Crippen molar-refractivity contribution in [3.05, 3.63) is 56.7 Å². The molecule has 0 radical (unpaired) electrons. The molecule has 0 aliphatic rings. The first kappa shape index (κ1) is 14.3. The van der Waals surface area contributed by atoms with Crippen molar-refractivity contribution < 1.29 is 4.79 Å². The van der Waals surface area contributed by atoms with Crippen molar-refractivity contribution in [3.63, 3.8) is 0 Å². The number of amides is 1. The van der Waals surface area contributed by atoms with Gasteiger partial charge in [0.15, 0.2) is 0 Å². The number of carbonyl (C=O) groups excluding carboxylic acids is 1. The molecule has 0 fully saturated rings. The number of hydrogen-bond acceptors (Lipinski definition) is 2. The maximum atomic E-state index is 12.6. The molecule has 2 aromatic rings. The summed E-state index contributed by atoms with van der Waals surface area (Å²) in [6, 6.07) is 9.65. The second-order valence-electron chi connectivity index (χ2n) is 4.34. The summed E-state index contributed by atoms with van der Waals surface area (Å²) in [6.45, 7) is 3.54. The molecule has 100 valence electrons. The second-order valence-corrected chi connectivity index (χ2v) is 5.97. The molecule has 19 heavy (non-hydrogen) atoms. The van der Waals surface area contributed by atoms with E-state index in [2.05, 4.69) is 34.3 Å². The van der Waals surface area contributed by atoms with E-state index in [0.717, 1.165) is 23.0 Å². The predicted octanol–water partition coefficient (Wildman–Crippen LogP) is 4.56. The van der Waals surface area contributed by atoms with Crippen molar-refractivity contribution in [3.8, 4) is 0 Å². The Morgan fingerprint density at radius 2 is 2.11 bits per heavy atom. The predicted molar refractivity (Wildman–Crippen MR) is 83.5 cm³/mol. The van der Waals surface area contributed by atoms with Crippen LogP contribution in [-0.2, 0) is 6.54 Å². The van der Waals surface area contributed by atoms with E-state index in [9.17, 15) is 4.79 Å². The number of thiophene rings is 1. The van der Waals surface area contributed by atoms with Crippen molar-refractivity contribution >= 4 is 33.2 Å². The molecular formula is C15H16BrNOS. The molecule has 2 rings (SSSR count). The number of hydrogen-bond donors (Lipinski definition) is 0. The normalized spacial score (nSPS) is 10.4. The third kappa shape index (κ3) is 3.67. The molecule has 1 aromatic carbocycles. The Bertz CT molecular complexity index is 539. The van der Waals surface area contributed by atoms with Gasteiger partial charge in [0.25, 0.3) is 5.91 Å². The van der Waals surface area contributed by atoms with Gasteiger partial charge < -0.3 is 4.90 Å². The van der Waals surface area contributed by atoms with Gasteiger partial charge in [0.05, 0.1) is 5.56 Å². The molecule has 0 saturated heterocycles. The molecule has 4 heteroatoms. The van der Waals surface area contributed by atoms with E-state index in [1.807, 2.05) is 34.5 Å². The largest absolute Gasteiger partial charge is 0.334 e. The van der Waals surface area contributed by atoms with Crippen molar-refractivity contribution in [1.82, 2.24) is 4.90 Å². The molecular weight excluding hydrogens is 322 g/mol. The molecule has 0 saturated carbocycles. The van der Waals surface area contributed by atoms with Crippen molar-refractivity contribution in [1.29, 1.82) is 0 Å². The third-order valence-corrected chi connectivity index (χ3v) is 4.26. The number of nitrogens with zero attached hydrogens (tertiary/aromatic N) is 1. The highest BCUT2D eigenvalue weighted by Gasteiger charge is 2.17. The first-order chi connectivity index (χ1) is 9.22. The lowest BCUT2D eigenvalue weighted by molar-refractivity contribution is 0.0742. The maximum absolute atomic E-state index is 12.6. The number of rotatable bonds is 5. The number of halogens is 1. The van der Waals surface area contributed by atoms with Crippen LogP contribution in [0.3, 0.4) is 0 Å². The van der Waals surface area contributed by atoms with E-state index in [-0.39, 0.29) is 5.91 Å². The average Bonchev–Trinajstić information content (AvgIpc) is 2.91. The van der Waals surface area contributed by atoms with E-state index in [0.29, 0.717) is 6.54 Å². The lowest BCUT2D eigenvalue weighted by Gasteiger charge is -2.22. The summed E-state index contributed by atoms with van der Waals surface area (Å²) in [7, 11) is 0. The van der Waals surface area contributed by atoms with Gasteiger partial charge in [-0.05, 0) is 56.9 Å². The molecule has 1 amide bonds. The van der Waals surface area contributed by atoms with E-state index in [1.54, 1.807) is 11.3 Å². The number of carbonyl (C=O) groups is 1. The first-order valence-electron chi connectivity index (χ1n) is 6.27. The van der Waals surface area contributed by atoms with Gasteiger partial charge in [0.2, 0.25) is 0 Å². The van der Waals surface area contributed by atoms with Crippen molar-refractivity contribution in [2.24, 2.45) is 0 Å². The van der Waals surface area contributed by atoms with Crippen LogP contribution in [0.4, 0.5) is 0 Å². The standard InChI is InChI=1S/C15H16BrNOS/c1-2-8-17(10-12-7-9-19-11-12)15(18)13-5-3-4-6-14(13)16/h3-7,9,11H,2,8,10H2,1H3. The highest BCUT2D eigenvalue weighted by Crippen LogP contribution is 2.19. The maximum Gasteiger partial charge on any atom is 0.255 e. The zero-order chi connectivity index (χ0) is 13.7. The van der Waals surface area contributed by atoms with Crippen LogP contribution < -0.4 is 0 Å². The SMILES string of the molecule is CCCN(Cc1ccsc1)C(=O)c1ccccc1Br. The molecule has 2 nitrogen and oxygen atoms in total. The van der Waals surface area contributed by atoms with Gasteiger partial charge in [0.1, 0.15) is 0 Å². The molecule has 0 aliphatic carbocycles. The lowest BCUT2D eigenvalue weighted by Crippen LogP contribution is -2.31. The molecule has 0 bridgehead atoms. The molecule has 0 unspecified atom stereocenters. The number of benzene rings is 1. The molecule has 1 aromatic heterocycles. The van der Waals surface area contributed by atoms with Crippen molar-refractivity contribution in [2.75, 3.05) is 6.54 Å². The Kier molecular flexibility index (Phi) is 5.16. The smallest absolute Gasteiger partial charge is 0.255 e. The van der Waals surface area contributed by atoms with Crippen LogP contribution in [0, 0.1) is 0 Å². The van der Waals surface area contributed by atoms with Crippen LogP contribution in [0.15, 0.2) is 45.6 Å². The van der Waals surface area contributed by atoms with Gasteiger partial charge in [-0.3, -0.25) is 4.79 Å². The van der Waals surface area contributed by atoms with Crippen LogP contribution in [0.1, 0.15) is 29.3 Å². The van der Waals surface area contributed by atoms with Crippen LogP contribution in [0.25, 0.3) is 0 Å². The lowest BCUT2D eigenvalue weighted by atomic mass is 10.2. The highest BCUT2D eigenvalue weighted by atomic mass is 79.9. The monoisotopic (exact) mass is 337 g/mol. The topological polar surface area (TPSA) is 20.3 Å². The molecule has 0 aliphatic heterocycles. The minimum atomic E-state index is 0.0838. The van der Waals surface area contributed by atoms with Gasteiger partial charge in [-0.25, -0.2) is 0 Å². The average molecular weight is 338 g/mol. The van der Waals surface area contributed by atoms with Crippen LogP contribution >= 0.6 is 27.3 Å². The Morgan fingerprint density at radius 1 is 1.32 bits per heavy atom. The highest BCUT2D eigenvalue weighted by molar-refractivity contribution is 9.10. The zero-order valence-corrected chi connectivity index (χ0v) is 13.2. The summed E-state index contributed by atoms with van der Waals surface area (Å²) < 4.78 is 0.853. The van der Waals surface area contributed by atoms with Crippen molar-refractivity contribution in [2.45, 2.75) is 19.9 Å².